The molecule has 0 spiro atoms. The molecule has 0 bridgehead atoms. The minimum atomic E-state index is -6.16. The van der Waals surface area contributed by atoms with Crippen LogP contribution in [-0.2, 0) is 51.8 Å². The van der Waals surface area contributed by atoms with Crippen molar-refractivity contribution < 1.29 is 80.8 Å². The molecule has 0 N–H and O–H groups in total. The van der Waals surface area contributed by atoms with E-state index in [1.54, 1.807) is 0 Å². The van der Waals surface area contributed by atoms with Crippen LogP contribution in [0.15, 0.2) is 35.2 Å². The molecular formula is C23H33F6N2O12S3-. The molecule has 2 saturated heterocycles. The summed E-state index contributed by atoms with van der Waals surface area (Å²) in [4.78, 5) is 25.9. The third-order valence-corrected chi connectivity index (χ3v) is 7.59. The maximum absolute atomic E-state index is 13.0. The first-order valence-corrected chi connectivity index (χ1v) is 15.7. The van der Waals surface area contributed by atoms with E-state index < -0.39 is 68.5 Å². The van der Waals surface area contributed by atoms with Crippen molar-refractivity contribution in [2.45, 2.75) is 35.2 Å². The van der Waals surface area contributed by atoms with Gasteiger partial charge in [0.05, 0.1) is 26.4 Å². The van der Waals surface area contributed by atoms with Crippen molar-refractivity contribution >= 4 is 45.1 Å². The number of morpholine rings is 2. The molecule has 268 valence electrons. The minimum Gasteiger partial charge on any atom is -0.743 e. The van der Waals surface area contributed by atoms with E-state index in [0.717, 1.165) is 14.7 Å². The zero-order valence-electron chi connectivity index (χ0n) is 23.0. The Balaban J connectivity index is 0.000000714. The van der Waals surface area contributed by atoms with Crippen LogP contribution >= 0.6 is 0 Å². The molecule has 2 amide bonds. The fraction of sp³-hybridized carbons (Fsp3) is 0.652. The Morgan fingerprint density at radius 3 is 1.30 bits per heavy atom. The molecule has 2 aliphatic heterocycles. The van der Waals surface area contributed by atoms with Gasteiger partial charge in [0.2, 0.25) is 12.3 Å². The molecule has 0 aromatic heterocycles. The molecule has 46 heavy (non-hydrogen) atoms. The largest absolute Gasteiger partial charge is 0.743 e. The lowest BCUT2D eigenvalue weighted by Gasteiger charge is -2.27. The second-order valence-corrected chi connectivity index (χ2v) is 12.2. The zero-order valence-corrected chi connectivity index (χ0v) is 25.6. The van der Waals surface area contributed by atoms with Crippen LogP contribution in [-0.4, -0.2) is 137 Å². The summed E-state index contributed by atoms with van der Waals surface area (Å²) in [6, 6.07) is 9.96. The average Bonchev–Trinajstić information content (AvgIpc) is 2.99. The van der Waals surface area contributed by atoms with Crippen molar-refractivity contribution in [3.05, 3.63) is 30.3 Å². The summed E-state index contributed by atoms with van der Waals surface area (Å²) in [5.41, 5.74) is 0. The molecule has 2 aliphatic rings. The lowest BCUT2D eigenvalue weighted by molar-refractivity contribution is -0.0396. The molecule has 2 unspecified atom stereocenters. The van der Waals surface area contributed by atoms with E-state index in [1.807, 2.05) is 30.3 Å². The van der Waals surface area contributed by atoms with Crippen LogP contribution in [0.1, 0.15) is 7.43 Å². The second kappa shape index (κ2) is 19.3. The van der Waals surface area contributed by atoms with Gasteiger partial charge in [0, 0.05) is 26.2 Å². The van der Waals surface area contributed by atoms with Gasteiger partial charge >= 0.3 is 22.7 Å². The maximum Gasteiger partial charge on any atom is 0.410 e. The van der Waals surface area contributed by atoms with Gasteiger partial charge in [0.25, 0.3) is 0 Å². The van der Waals surface area contributed by atoms with E-state index in [2.05, 4.69) is 22.1 Å². The molecule has 3 rings (SSSR count). The third kappa shape index (κ3) is 14.0. The molecule has 0 saturated carbocycles. The number of benzene rings is 1. The molecule has 0 aliphatic carbocycles. The molecule has 1 aromatic carbocycles. The maximum atomic E-state index is 13.0. The summed E-state index contributed by atoms with van der Waals surface area (Å²) in [5, 5.41) is -10.3. The van der Waals surface area contributed by atoms with E-state index in [-0.39, 0.29) is 60.0 Å². The summed E-state index contributed by atoms with van der Waals surface area (Å²) < 4.78 is 156. The molecule has 2 fully saturated rings. The van der Waals surface area contributed by atoms with Crippen LogP contribution in [0.2, 0.25) is 0 Å². The van der Waals surface area contributed by atoms with Gasteiger partial charge in [0.15, 0.2) is 20.2 Å². The molecule has 0 radical (unpaired) electrons. The Hall–Kier alpha value is -2.57. The van der Waals surface area contributed by atoms with Crippen LogP contribution in [0, 0.1) is 0 Å². The molecular weight excluding hydrogens is 706 g/mol. The summed E-state index contributed by atoms with van der Waals surface area (Å²) in [7, 11) is -12.3. The number of halogens is 6. The number of hydrogen-bond donors (Lipinski definition) is 0. The number of carbonyl (C=O) groups is 2. The van der Waals surface area contributed by atoms with E-state index in [1.165, 1.54) is 0 Å². The van der Waals surface area contributed by atoms with Crippen molar-refractivity contribution in [2.75, 3.05) is 65.8 Å². The summed E-state index contributed by atoms with van der Waals surface area (Å²) in [6.07, 6.45) is -8.99. The number of nitrogens with zero attached hydrogens (tertiary/aromatic N) is 2. The van der Waals surface area contributed by atoms with Gasteiger partial charge in [-0.1, -0.05) is 25.6 Å². The highest BCUT2D eigenvalue weighted by Gasteiger charge is 2.49. The minimum absolute atomic E-state index is 0. The quantitative estimate of drug-likeness (QED) is 0.213. The van der Waals surface area contributed by atoms with Crippen molar-refractivity contribution in [3.8, 4) is 0 Å². The Labute approximate surface area is 266 Å². The van der Waals surface area contributed by atoms with E-state index in [4.69, 9.17) is 9.47 Å². The smallest absolute Gasteiger partial charge is 0.410 e. The Kier molecular flexibility index (Phi) is 18.2. The van der Waals surface area contributed by atoms with Crippen molar-refractivity contribution in [1.82, 2.24) is 9.80 Å². The highest BCUT2D eigenvalue weighted by Crippen LogP contribution is 2.28. The van der Waals surface area contributed by atoms with Gasteiger partial charge in [-0.05, 0) is 24.8 Å². The SMILES string of the molecule is C.O=C(OCC(F)C(F)(F)S(=O)(=O)[O-])N1CCOCC1.O=C(OCC(F)C(F)(F)S(=O)(=O)[O-])N1CCOCC1.[SH2+]c1ccccc1. The van der Waals surface area contributed by atoms with Crippen molar-refractivity contribution in [1.29, 1.82) is 0 Å². The average molecular weight is 740 g/mol. The summed E-state index contributed by atoms with van der Waals surface area (Å²) >= 11 is 3.36. The van der Waals surface area contributed by atoms with Crippen molar-refractivity contribution in [3.63, 3.8) is 0 Å². The highest BCUT2D eigenvalue weighted by molar-refractivity contribution is 7.87. The van der Waals surface area contributed by atoms with Crippen molar-refractivity contribution in [2.24, 2.45) is 0 Å². The summed E-state index contributed by atoms with van der Waals surface area (Å²) in [6.45, 7) is -1.58. The van der Waals surface area contributed by atoms with Crippen LogP contribution < -0.4 is 0 Å². The van der Waals surface area contributed by atoms with Gasteiger partial charge in [-0.3, -0.25) is 0 Å². The molecule has 2 atom stereocenters. The van der Waals surface area contributed by atoms with E-state index in [9.17, 15) is 61.9 Å². The van der Waals surface area contributed by atoms with Gasteiger partial charge in [-0.15, -0.1) is 0 Å². The normalized spacial score (nSPS) is 17.1. The first-order chi connectivity index (χ1) is 20.7. The number of hydrogen-bond acceptors (Lipinski definition) is 12. The number of rotatable bonds is 8. The number of amides is 2. The van der Waals surface area contributed by atoms with Gasteiger partial charge in [-0.25, -0.2) is 35.2 Å². The lowest BCUT2D eigenvalue weighted by Crippen LogP contribution is -2.45. The summed E-state index contributed by atoms with van der Waals surface area (Å²) in [5.74, 6) is 0. The third-order valence-electron chi connectivity index (χ3n) is 5.41. The Morgan fingerprint density at radius 1 is 0.761 bits per heavy atom. The van der Waals surface area contributed by atoms with E-state index in [0.29, 0.717) is 0 Å². The van der Waals surface area contributed by atoms with Crippen LogP contribution in [0.25, 0.3) is 0 Å². The van der Waals surface area contributed by atoms with Crippen LogP contribution in [0.5, 0.6) is 0 Å². The predicted octanol–water partition coefficient (Wildman–Crippen LogP) is 1.56. The van der Waals surface area contributed by atoms with Gasteiger partial charge in [0.1, 0.15) is 18.1 Å². The predicted molar refractivity (Wildman–Crippen MR) is 148 cm³/mol. The molecule has 1 aromatic rings. The fourth-order valence-electron chi connectivity index (χ4n) is 2.91. The van der Waals surface area contributed by atoms with Gasteiger partial charge < -0.3 is 37.9 Å². The number of carbonyl (C=O) groups excluding carboxylic acids is 2. The molecule has 2 heterocycles. The van der Waals surface area contributed by atoms with Gasteiger partial charge in [-0.2, -0.15) is 17.6 Å². The molecule has 14 nitrogen and oxygen atoms in total. The highest BCUT2D eigenvalue weighted by atomic mass is 32.2. The Bertz CT molecular complexity index is 1200. The first-order valence-electron chi connectivity index (χ1n) is 12.4. The van der Waals surface area contributed by atoms with Crippen LogP contribution in [0.3, 0.4) is 0 Å². The number of ether oxygens (including phenoxy) is 4. The molecule has 23 heteroatoms. The number of alkyl halides is 6. The van der Waals surface area contributed by atoms with Crippen LogP contribution in [0.4, 0.5) is 35.9 Å². The Morgan fingerprint density at radius 2 is 1.07 bits per heavy atom. The zero-order chi connectivity index (χ0) is 34.5. The monoisotopic (exact) mass is 739 g/mol. The first kappa shape index (κ1) is 43.4. The topological polar surface area (TPSA) is 192 Å². The lowest BCUT2D eigenvalue weighted by atomic mass is 10.4. The fourth-order valence-corrected chi connectivity index (χ4v) is 3.86. The second-order valence-electron chi connectivity index (χ2n) is 8.69. The van der Waals surface area contributed by atoms with E-state index >= 15 is 0 Å². The standard InChI is InChI=1S/2C8H12F3NO6S.C6H6S.CH4/c2*9-6(8(10,11)19(14,15)16)5-18-7(13)12-1-3-17-4-2-12;7-6-4-2-1-3-5-6;/h2*6H,1-5H2,(H,14,15,16);1-5,7H;1H4/p-1.